The molecule has 0 fully saturated rings. The van der Waals surface area contributed by atoms with E-state index < -0.39 is 0 Å². The number of hydrazone groups is 1. The Morgan fingerprint density at radius 3 is 1.70 bits per heavy atom. The summed E-state index contributed by atoms with van der Waals surface area (Å²) in [5.41, 5.74) is 9.78. The fourth-order valence-corrected chi connectivity index (χ4v) is 3.41. The summed E-state index contributed by atoms with van der Waals surface area (Å²) in [5, 5.41) is 4.47. The van der Waals surface area contributed by atoms with Crippen molar-refractivity contribution < 1.29 is 4.79 Å². The number of hydrogen-bond acceptors (Lipinski definition) is 2. The average molecular weight is 354 g/mol. The monoisotopic (exact) mass is 354 g/mol. The van der Waals surface area contributed by atoms with Crippen LogP contribution in [0, 0.1) is 0 Å². The number of carbonyl (C=O) groups excluding carboxylic acids is 1. The third kappa shape index (κ3) is 3.17. The first-order valence-electron chi connectivity index (χ1n) is 9.13. The van der Waals surface area contributed by atoms with Crippen LogP contribution in [-0.2, 0) is 5.41 Å². The van der Waals surface area contributed by atoms with Gasteiger partial charge < -0.3 is 0 Å². The highest BCUT2D eigenvalue weighted by Gasteiger charge is 2.24. The van der Waals surface area contributed by atoms with Gasteiger partial charge in [0, 0.05) is 16.7 Å². The van der Waals surface area contributed by atoms with Crippen LogP contribution in [0.2, 0.25) is 0 Å². The molecule has 0 spiro atoms. The fraction of sp³-hybridized carbons (Fsp3) is 0.167. The Labute approximate surface area is 159 Å². The van der Waals surface area contributed by atoms with E-state index in [2.05, 4.69) is 43.4 Å². The van der Waals surface area contributed by atoms with Gasteiger partial charge in [0.05, 0.1) is 5.71 Å². The molecule has 0 bridgehead atoms. The van der Waals surface area contributed by atoms with Crippen LogP contribution in [0.1, 0.15) is 47.8 Å². The van der Waals surface area contributed by atoms with Gasteiger partial charge in [0.25, 0.3) is 5.91 Å². The van der Waals surface area contributed by atoms with Crippen molar-refractivity contribution >= 4 is 11.6 Å². The van der Waals surface area contributed by atoms with Crippen LogP contribution < -0.4 is 5.43 Å². The Balaban J connectivity index is 1.62. The van der Waals surface area contributed by atoms with Crippen LogP contribution in [0.15, 0.2) is 77.9 Å². The molecule has 3 heteroatoms. The van der Waals surface area contributed by atoms with Gasteiger partial charge in [-0.1, -0.05) is 81.4 Å². The van der Waals surface area contributed by atoms with Gasteiger partial charge in [-0.3, -0.25) is 4.79 Å². The standard InChI is InChI=1S/C24H22N2O/c1-24(2,3)17-14-12-16(13-15-17)23(27)26-25-22-20-10-6-4-8-18(20)19-9-5-7-11-21(19)22/h4-15H,1-3H3,(H,26,27). The zero-order valence-corrected chi connectivity index (χ0v) is 15.8. The maximum atomic E-state index is 12.6. The van der Waals surface area contributed by atoms with Gasteiger partial charge >= 0.3 is 0 Å². The number of fused-ring (bicyclic) bond motifs is 3. The molecule has 1 aliphatic carbocycles. The van der Waals surface area contributed by atoms with Crippen LogP contribution in [0.5, 0.6) is 0 Å². The Kier molecular flexibility index (Phi) is 4.15. The third-order valence-electron chi connectivity index (χ3n) is 4.94. The number of nitrogens with zero attached hydrogens (tertiary/aromatic N) is 1. The Morgan fingerprint density at radius 1 is 0.741 bits per heavy atom. The summed E-state index contributed by atoms with van der Waals surface area (Å²) in [4.78, 5) is 12.6. The van der Waals surface area contributed by atoms with Crippen LogP contribution in [0.3, 0.4) is 0 Å². The number of carbonyl (C=O) groups is 1. The molecule has 0 heterocycles. The first-order chi connectivity index (χ1) is 12.9. The average Bonchev–Trinajstić information content (AvgIpc) is 2.99. The Bertz CT molecular complexity index is 993. The molecule has 0 aliphatic heterocycles. The first kappa shape index (κ1) is 17.2. The molecule has 134 valence electrons. The minimum Gasteiger partial charge on any atom is -0.267 e. The smallest absolute Gasteiger partial charge is 0.267 e. The highest BCUT2D eigenvalue weighted by molar-refractivity contribution is 6.24. The SMILES string of the molecule is CC(C)(C)c1ccc(C(=O)NN=C2c3ccccc3-c3ccccc32)cc1. The van der Waals surface area contributed by atoms with Crippen molar-refractivity contribution in [3.8, 4) is 11.1 Å². The predicted molar refractivity (Wildman–Crippen MR) is 110 cm³/mol. The van der Waals surface area contributed by atoms with Crippen molar-refractivity contribution in [2.75, 3.05) is 0 Å². The highest BCUT2D eigenvalue weighted by Crippen LogP contribution is 2.36. The molecule has 1 N–H and O–H groups in total. The fourth-order valence-electron chi connectivity index (χ4n) is 3.41. The van der Waals surface area contributed by atoms with E-state index in [-0.39, 0.29) is 11.3 Å². The molecule has 0 saturated heterocycles. The summed E-state index contributed by atoms with van der Waals surface area (Å²) < 4.78 is 0. The second-order valence-corrected chi connectivity index (χ2v) is 7.82. The van der Waals surface area contributed by atoms with Crippen LogP contribution in [0.25, 0.3) is 11.1 Å². The number of benzene rings is 3. The van der Waals surface area contributed by atoms with E-state index in [1.165, 1.54) is 5.56 Å². The van der Waals surface area contributed by atoms with E-state index in [4.69, 9.17) is 0 Å². The molecule has 3 aromatic rings. The van der Waals surface area contributed by atoms with Gasteiger partial charge in [0.1, 0.15) is 0 Å². The normalized spacial score (nSPS) is 12.3. The van der Waals surface area contributed by atoms with Gasteiger partial charge in [-0.2, -0.15) is 5.10 Å². The third-order valence-corrected chi connectivity index (χ3v) is 4.94. The molecule has 1 amide bonds. The van der Waals surface area contributed by atoms with Crippen molar-refractivity contribution in [2.45, 2.75) is 26.2 Å². The summed E-state index contributed by atoms with van der Waals surface area (Å²) in [5.74, 6) is -0.204. The van der Waals surface area contributed by atoms with E-state index in [1.807, 2.05) is 60.7 Å². The lowest BCUT2D eigenvalue weighted by atomic mass is 9.87. The number of rotatable bonds is 2. The van der Waals surface area contributed by atoms with E-state index in [0.717, 1.165) is 28.0 Å². The molecule has 1 aliphatic rings. The van der Waals surface area contributed by atoms with Gasteiger partial charge in [0.2, 0.25) is 0 Å². The van der Waals surface area contributed by atoms with Crippen LogP contribution >= 0.6 is 0 Å². The molecule has 4 rings (SSSR count). The van der Waals surface area contributed by atoms with Gasteiger partial charge in [-0.15, -0.1) is 0 Å². The maximum Gasteiger partial charge on any atom is 0.271 e. The van der Waals surface area contributed by atoms with Gasteiger partial charge in [-0.25, -0.2) is 5.43 Å². The second kappa shape index (κ2) is 6.51. The molecular weight excluding hydrogens is 332 g/mol. The van der Waals surface area contributed by atoms with Crippen LogP contribution in [0.4, 0.5) is 0 Å². The molecule has 0 aromatic heterocycles. The lowest BCUT2D eigenvalue weighted by Gasteiger charge is -2.18. The molecule has 3 nitrogen and oxygen atoms in total. The van der Waals surface area contributed by atoms with E-state index >= 15 is 0 Å². The summed E-state index contributed by atoms with van der Waals surface area (Å²) >= 11 is 0. The molecule has 0 unspecified atom stereocenters. The number of hydrogen-bond donors (Lipinski definition) is 1. The Hall–Kier alpha value is -3.20. The van der Waals surface area contributed by atoms with Gasteiger partial charge in [0.15, 0.2) is 0 Å². The molecule has 0 saturated carbocycles. The maximum absolute atomic E-state index is 12.6. The summed E-state index contributed by atoms with van der Waals surface area (Å²) in [6, 6.07) is 24.0. The van der Waals surface area contributed by atoms with Crippen molar-refractivity contribution in [1.29, 1.82) is 0 Å². The van der Waals surface area contributed by atoms with Gasteiger partial charge in [-0.05, 0) is 34.2 Å². The molecular formula is C24H22N2O. The minimum absolute atomic E-state index is 0.0620. The van der Waals surface area contributed by atoms with E-state index in [9.17, 15) is 4.79 Å². The zero-order chi connectivity index (χ0) is 19.0. The topological polar surface area (TPSA) is 41.5 Å². The summed E-state index contributed by atoms with van der Waals surface area (Å²) in [7, 11) is 0. The summed E-state index contributed by atoms with van der Waals surface area (Å²) in [6.45, 7) is 6.47. The quantitative estimate of drug-likeness (QED) is 0.497. The molecule has 27 heavy (non-hydrogen) atoms. The largest absolute Gasteiger partial charge is 0.271 e. The molecule has 0 radical (unpaired) electrons. The van der Waals surface area contributed by atoms with E-state index in [1.54, 1.807) is 0 Å². The number of nitrogens with one attached hydrogen (secondary N) is 1. The van der Waals surface area contributed by atoms with Crippen molar-refractivity contribution in [3.63, 3.8) is 0 Å². The van der Waals surface area contributed by atoms with Crippen LogP contribution in [-0.4, -0.2) is 11.6 Å². The lowest BCUT2D eigenvalue weighted by molar-refractivity contribution is 0.0955. The molecule has 0 atom stereocenters. The van der Waals surface area contributed by atoms with E-state index in [0.29, 0.717) is 5.56 Å². The first-order valence-corrected chi connectivity index (χ1v) is 9.13. The highest BCUT2D eigenvalue weighted by atomic mass is 16.2. The van der Waals surface area contributed by atoms with Crippen molar-refractivity contribution in [2.24, 2.45) is 5.10 Å². The lowest BCUT2D eigenvalue weighted by Crippen LogP contribution is -2.20. The Morgan fingerprint density at radius 2 is 1.22 bits per heavy atom. The zero-order valence-electron chi connectivity index (χ0n) is 15.8. The van der Waals surface area contributed by atoms with Crippen molar-refractivity contribution in [3.05, 3.63) is 95.1 Å². The van der Waals surface area contributed by atoms with Crippen molar-refractivity contribution in [1.82, 2.24) is 5.43 Å². The second-order valence-electron chi connectivity index (χ2n) is 7.82. The molecule has 3 aromatic carbocycles. The minimum atomic E-state index is -0.204. The predicted octanol–water partition coefficient (Wildman–Crippen LogP) is 5.15. The number of amides is 1. The summed E-state index contributed by atoms with van der Waals surface area (Å²) in [6.07, 6.45) is 0.